The standard InChI is InChI=1S/C29H29N3O4S/c1-19-16-24(20(2)31(19)25-14-12-22(13-15-25)21-8-4-3-5-9-21)17-27-28(33)30(29(34)37-27)18-23-10-6-7-11-26(23)32(35)36/h6-7,10-17,21H,3-5,8-9,18H2,1-2H3/b27-17-. The fourth-order valence-electron chi connectivity index (χ4n) is 5.43. The van der Waals surface area contributed by atoms with Crippen molar-refractivity contribution in [1.29, 1.82) is 0 Å². The van der Waals surface area contributed by atoms with Crippen LogP contribution in [0, 0.1) is 24.0 Å². The van der Waals surface area contributed by atoms with Crippen LogP contribution < -0.4 is 0 Å². The number of hydrogen-bond acceptors (Lipinski definition) is 5. The lowest BCUT2D eigenvalue weighted by atomic mass is 9.84. The molecule has 2 fully saturated rings. The quantitative estimate of drug-likeness (QED) is 0.195. The van der Waals surface area contributed by atoms with Gasteiger partial charge in [-0.1, -0.05) is 49.6 Å². The molecule has 2 heterocycles. The van der Waals surface area contributed by atoms with Gasteiger partial charge in [-0.25, -0.2) is 0 Å². The van der Waals surface area contributed by atoms with Crippen molar-refractivity contribution >= 4 is 34.7 Å². The summed E-state index contributed by atoms with van der Waals surface area (Å²) in [5, 5.41) is 10.9. The molecule has 0 radical (unpaired) electrons. The SMILES string of the molecule is Cc1cc(/C=C2\SC(=O)N(Cc3ccccc3[N+](=O)[O-])C2=O)c(C)n1-c1ccc(C2CCCCC2)cc1. The molecule has 37 heavy (non-hydrogen) atoms. The van der Waals surface area contributed by atoms with E-state index in [0.29, 0.717) is 16.4 Å². The number of para-hydroxylation sites is 1. The molecule has 0 bridgehead atoms. The lowest BCUT2D eigenvalue weighted by Crippen LogP contribution is -2.27. The minimum absolute atomic E-state index is 0.108. The average Bonchev–Trinajstić information content (AvgIpc) is 3.33. The Balaban J connectivity index is 1.38. The molecule has 1 aliphatic carbocycles. The molecule has 0 unspecified atom stereocenters. The molecule has 8 heteroatoms. The minimum atomic E-state index is -0.499. The number of carbonyl (C=O) groups is 2. The molecule has 1 aliphatic heterocycles. The van der Waals surface area contributed by atoms with E-state index in [1.54, 1.807) is 24.3 Å². The first-order chi connectivity index (χ1) is 17.8. The second-order valence-corrected chi connectivity index (χ2v) is 10.7. The molecule has 2 amide bonds. The third kappa shape index (κ3) is 4.98. The topological polar surface area (TPSA) is 85.5 Å². The van der Waals surface area contributed by atoms with Crippen molar-refractivity contribution in [3.63, 3.8) is 0 Å². The van der Waals surface area contributed by atoms with Crippen LogP contribution in [0.5, 0.6) is 0 Å². The van der Waals surface area contributed by atoms with Crippen molar-refractivity contribution in [3.8, 4) is 5.69 Å². The lowest BCUT2D eigenvalue weighted by molar-refractivity contribution is -0.385. The van der Waals surface area contributed by atoms with Crippen LogP contribution in [0.1, 0.15) is 66.1 Å². The first-order valence-corrected chi connectivity index (χ1v) is 13.4. The van der Waals surface area contributed by atoms with Gasteiger partial charge in [0, 0.05) is 28.7 Å². The summed E-state index contributed by atoms with van der Waals surface area (Å²) in [7, 11) is 0. The first kappa shape index (κ1) is 25.0. The monoisotopic (exact) mass is 515 g/mol. The Kier molecular flexibility index (Phi) is 7.02. The van der Waals surface area contributed by atoms with Gasteiger partial charge in [-0.15, -0.1) is 0 Å². The second-order valence-electron chi connectivity index (χ2n) is 9.74. The second kappa shape index (κ2) is 10.4. The molecule has 2 aromatic carbocycles. The molecule has 190 valence electrons. The number of imide groups is 1. The summed E-state index contributed by atoms with van der Waals surface area (Å²) in [5.74, 6) is 0.216. The van der Waals surface area contributed by atoms with Gasteiger partial charge < -0.3 is 4.57 Å². The molecule has 2 aliphatic rings. The Hall–Kier alpha value is -3.65. The van der Waals surface area contributed by atoms with Gasteiger partial charge in [0.2, 0.25) is 0 Å². The smallest absolute Gasteiger partial charge is 0.293 e. The van der Waals surface area contributed by atoms with Crippen LogP contribution >= 0.6 is 11.8 Å². The Bertz CT molecular complexity index is 1400. The molecule has 1 aromatic heterocycles. The van der Waals surface area contributed by atoms with E-state index in [2.05, 4.69) is 28.8 Å². The molecule has 7 nitrogen and oxygen atoms in total. The van der Waals surface area contributed by atoms with Gasteiger partial charge in [0.05, 0.1) is 16.4 Å². The van der Waals surface area contributed by atoms with Gasteiger partial charge in [-0.3, -0.25) is 24.6 Å². The van der Waals surface area contributed by atoms with Gasteiger partial charge in [-0.2, -0.15) is 0 Å². The van der Waals surface area contributed by atoms with E-state index in [4.69, 9.17) is 0 Å². The summed E-state index contributed by atoms with van der Waals surface area (Å²) >= 11 is 0.867. The van der Waals surface area contributed by atoms with E-state index < -0.39 is 16.1 Å². The number of nitro groups is 1. The van der Waals surface area contributed by atoms with Gasteiger partial charge in [-0.05, 0) is 79.8 Å². The average molecular weight is 516 g/mol. The predicted molar refractivity (Wildman–Crippen MR) is 146 cm³/mol. The van der Waals surface area contributed by atoms with Crippen molar-refractivity contribution in [1.82, 2.24) is 9.47 Å². The zero-order valence-corrected chi connectivity index (χ0v) is 21.8. The highest BCUT2D eigenvalue weighted by Gasteiger charge is 2.36. The molecule has 1 saturated carbocycles. The molecule has 0 spiro atoms. The maximum Gasteiger partial charge on any atom is 0.293 e. The number of aromatic nitrogens is 1. The van der Waals surface area contributed by atoms with E-state index in [1.165, 1.54) is 43.7 Å². The Morgan fingerprint density at radius 3 is 2.43 bits per heavy atom. The Morgan fingerprint density at radius 2 is 1.73 bits per heavy atom. The Morgan fingerprint density at radius 1 is 1.03 bits per heavy atom. The van der Waals surface area contributed by atoms with E-state index in [-0.39, 0.29) is 12.2 Å². The zero-order chi connectivity index (χ0) is 26.1. The van der Waals surface area contributed by atoms with E-state index in [9.17, 15) is 19.7 Å². The largest absolute Gasteiger partial charge is 0.318 e. The van der Waals surface area contributed by atoms with Crippen LogP contribution in [0.15, 0.2) is 59.5 Å². The van der Waals surface area contributed by atoms with Crippen molar-refractivity contribution in [2.75, 3.05) is 0 Å². The number of carbonyl (C=O) groups excluding carboxylic acids is 2. The summed E-state index contributed by atoms with van der Waals surface area (Å²) in [6, 6.07) is 17.0. The van der Waals surface area contributed by atoms with Gasteiger partial charge in [0.15, 0.2) is 0 Å². The third-order valence-electron chi connectivity index (χ3n) is 7.38. The summed E-state index contributed by atoms with van der Waals surface area (Å²) in [5.41, 5.74) is 5.57. The van der Waals surface area contributed by atoms with Crippen molar-refractivity contribution in [2.24, 2.45) is 0 Å². The summed E-state index contributed by atoms with van der Waals surface area (Å²) in [6.07, 6.45) is 8.22. The van der Waals surface area contributed by atoms with Crippen LogP contribution in [-0.2, 0) is 11.3 Å². The zero-order valence-electron chi connectivity index (χ0n) is 21.0. The van der Waals surface area contributed by atoms with Crippen LogP contribution in [0.4, 0.5) is 10.5 Å². The van der Waals surface area contributed by atoms with E-state index >= 15 is 0 Å². The van der Waals surface area contributed by atoms with Gasteiger partial charge in [0.25, 0.3) is 16.8 Å². The van der Waals surface area contributed by atoms with Crippen molar-refractivity contribution < 1.29 is 14.5 Å². The number of amides is 2. The number of rotatable bonds is 6. The molecule has 5 rings (SSSR count). The minimum Gasteiger partial charge on any atom is -0.318 e. The molecule has 0 N–H and O–H groups in total. The van der Waals surface area contributed by atoms with Crippen LogP contribution in [0.2, 0.25) is 0 Å². The molecule has 0 atom stereocenters. The van der Waals surface area contributed by atoms with Crippen molar-refractivity contribution in [3.05, 3.63) is 97.7 Å². The number of benzene rings is 2. The molecule has 1 saturated heterocycles. The van der Waals surface area contributed by atoms with Gasteiger partial charge in [0.1, 0.15) is 0 Å². The van der Waals surface area contributed by atoms with E-state index in [0.717, 1.165) is 39.3 Å². The highest BCUT2D eigenvalue weighted by atomic mass is 32.2. The molecule has 3 aromatic rings. The molecular weight excluding hydrogens is 486 g/mol. The third-order valence-corrected chi connectivity index (χ3v) is 8.28. The Labute approximate surface area is 220 Å². The predicted octanol–water partition coefficient (Wildman–Crippen LogP) is 7.29. The fraction of sp³-hybridized carbons (Fsp3) is 0.310. The van der Waals surface area contributed by atoms with Gasteiger partial charge >= 0.3 is 0 Å². The summed E-state index contributed by atoms with van der Waals surface area (Å²) < 4.78 is 2.16. The maximum atomic E-state index is 13.1. The lowest BCUT2D eigenvalue weighted by Gasteiger charge is -2.22. The van der Waals surface area contributed by atoms with E-state index in [1.807, 2.05) is 19.9 Å². The van der Waals surface area contributed by atoms with Crippen LogP contribution in [0.25, 0.3) is 11.8 Å². The first-order valence-electron chi connectivity index (χ1n) is 12.6. The van der Waals surface area contributed by atoms with Crippen LogP contribution in [0.3, 0.4) is 0 Å². The highest BCUT2D eigenvalue weighted by Crippen LogP contribution is 2.36. The highest BCUT2D eigenvalue weighted by molar-refractivity contribution is 8.18. The number of hydrogen-bond donors (Lipinski definition) is 0. The molecular formula is C29H29N3O4S. The maximum absolute atomic E-state index is 13.1. The summed E-state index contributed by atoms with van der Waals surface area (Å²) in [6.45, 7) is 3.90. The fourth-order valence-corrected chi connectivity index (χ4v) is 6.26. The van der Waals surface area contributed by atoms with Crippen molar-refractivity contribution in [2.45, 2.75) is 58.4 Å². The number of nitrogens with zero attached hydrogens (tertiary/aromatic N) is 3. The summed E-state index contributed by atoms with van der Waals surface area (Å²) in [4.78, 5) is 38.0. The number of aryl methyl sites for hydroxylation is 1. The number of thioether (sulfide) groups is 1. The van der Waals surface area contributed by atoms with Crippen LogP contribution in [-0.4, -0.2) is 25.5 Å². The normalized spacial score (nSPS) is 17.7. The number of nitro benzene ring substituents is 1.